The average molecular weight is 290 g/mol. The monoisotopic (exact) mass is 289 g/mol. The molecule has 2 heterocycles. The SMILES string of the molecule is CC1CCCCN1S(=O)(=O)Nc1cccc(Cl)n1. The van der Waals surface area contributed by atoms with Gasteiger partial charge in [-0.05, 0) is 31.9 Å². The number of hydrogen-bond acceptors (Lipinski definition) is 3. The normalized spacial score (nSPS) is 21.8. The minimum absolute atomic E-state index is 0.0236. The summed E-state index contributed by atoms with van der Waals surface area (Å²) in [4.78, 5) is 3.93. The Morgan fingerprint density at radius 1 is 1.44 bits per heavy atom. The zero-order chi connectivity index (χ0) is 13.2. The van der Waals surface area contributed by atoms with E-state index in [1.165, 1.54) is 4.31 Å². The van der Waals surface area contributed by atoms with Gasteiger partial charge in [0.15, 0.2) is 0 Å². The van der Waals surface area contributed by atoms with Gasteiger partial charge in [0.05, 0.1) is 0 Å². The number of rotatable bonds is 3. The van der Waals surface area contributed by atoms with Crippen LogP contribution in [0.3, 0.4) is 0 Å². The minimum atomic E-state index is -3.54. The quantitative estimate of drug-likeness (QED) is 0.868. The van der Waals surface area contributed by atoms with Gasteiger partial charge in [-0.2, -0.15) is 12.7 Å². The molecule has 1 N–H and O–H groups in total. The van der Waals surface area contributed by atoms with Crippen molar-refractivity contribution in [2.24, 2.45) is 0 Å². The molecule has 1 aliphatic heterocycles. The van der Waals surface area contributed by atoms with Gasteiger partial charge in [-0.15, -0.1) is 0 Å². The van der Waals surface area contributed by atoms with Crippen molar-refractivity contribution < 1.29 is 8.42 Å². The lowest BCUT2D eigenvalue weighted by molar-refractivity contribution is 0.270. The van der Waals surface area contributed by atoms with Crippen LogP contribution in [0.4, 0.5) is 5.82 Å². The van der Waals surface area contributed by atoms with Crippen LogP contribution in [0.15, 0.2) is 18.2 Å². The summed E-state index contributed by atoms with van der Waals surface area (Å²) < 4.78 is 28.4. The first kappa shape index (κ1) is 13.6. The maximum Gasteiger partial charge on any atom is 0.303 e. The second-order valence-corrected chi connectivity index (χ2v) is 6.42. The summed E-state index contributed by atoms with van der Waals surface area (Å²) in [5.41, 5.74) is 0. The molecule has 1 aromatic rings. The average Bonchev–Trinajstić information content (AvgIpc) is 2.28. The zero-order valence-electron chi connectivity index (χ0n) is 10.1. The smallest absolute Gasteiger partial charge is 0.254 e. The number of hydrogen-bond donors (Lipinski definition) is 1. The summed E-state index contributed by atoms with van der Waals surface area (Å²) in [6, 6.07) is 4.86. The second kappa shape index (κ2) is 5.42. The highest BCUT2D eigenvalue weighted by Crippen LogP contribution is 2.21. The van der Waals surface area contributed by atoms with Gasteiger partial charge < -0.3 is 0 Å². The maximum atomic E-state index is 12.2. The lowest BCUT2D eigenvalue weighted by atomic mass is 10.1. The third-order valence-electron chi connectivity index (χ3n) is 3.00. The van der Waals surface area contributed by atoms with Crippen LogP contribution >= 0.6 is 11.6 Å². The summed E-state index contributed by atoms with van der Waals surface area (Å²) in [6.45, 7) is 2.47. The van der Waals surface area contributed by atoms with Crippen LogP contribution < -0.4 is 4.72 Å². The molecule has 0 bridgehead atoms. The highest BCUT2D eigenvalue weighted by Gasteiger charge is 2.29. The van der Waals surface area contributed by atoms with Crippen LogP contribution in [0.2, 0.25) is 5.15 Å². The van der Waals surface area contributed by atoms with E-state index in [-0.39, 0.29) is 17.0 Å². The fraction of sp³-hybridized carbons (Fsp3) is 0.545. The molecule has 5 nitrogen and oxygen atoms in total. The van der Waals surface area contributed by atoms with E-state index >= 15 is 0 Å². The fourth-order valence-electron chi connectivity index (χ4n) is 2.08. The van der Waals surface area contributed by atoms with Crippen LogP contribution in [-0.4, -0.2) is 30.3 Å². The number of aromatic nitrogens is 1. The molecule has 1 saturated heterocycles. The third kappa shape index (κ3) is 3.13. The van der Waals surface area contributed by atoms with Gasteiger partial charge >= 0.3 is 10.2 Å². The van der Waals surface area contributed by atoms with Crippen molar-refractivity contribution in [2.45, 2.75) is 32.2 Å². The van der Waals surface area contributed by atoms with Gasteiger partial charge in [-0.1, -0.05) is 24.1 Å². The van der Waals surface area contributed by atoms with Crippen LogP contribution in [0.1, 0.15) is 26.2 Å². The van der Waals surface area contributed by atoms with Gasteiger partial charge in [0.2, 0.25) is 0 Å². The van der Waals surface area contributed by atoms with Gasteiger partial charge in [0.1, 0.15) is 11.0 Å². The fourth-order valence-corrected chi connectivity index (χ4v) is 3.69. The molecule has 0 saturated carbocycles. The molecule has 1 atom stereocenters. The molecular weight excluding hydrogens is 274 g/mol. The van der Waals surface area contributed by atoms with E-state index in [1.54, 1.807) is 18.2 Å². The van der Waals surface area contributed by atoms with E-state index in [0.29, 0.717) is 6.54 Å². The van der Waals surface area contributed by atoms with Crippen molar-refractivity contribution >= 4 is 27.6 Å². The number of nitrogens with zero attached hydrogens (tertiary/aromatic N) is 2. The van der Waals surface area contributed by atoms with Crippen LogP contribution in [0.5, 0.6) is 0 Å². The van der Waals surface area contributed by atoms with E-state index in [4.69, 9.17) is 11.6 Å². The van der Waals surface area contributed by atoms with Gasteiger partial charge in [-0.25, -0.2) is 4.98 Å². The predicted molar refractivity (Wildman–Crippen MR) is 71.8 cm³/mol. The summed E-state index contributed by atoms with van der Waals surface area (Å²) in [5.74, 6) is 0.250. The lowest BCUT2D eigenvalue weighted by Gasteiger charge is -2.32. The van der Waals surface area contributed by atoms with Crippen molar-refractivity contribution in [3.8, 4) is 0 Å². The first-order chi connectivity index (χ1) is 8.49. The summed E-state index contributed by atoms with van der Waals surface area (Å²) >= 11 is 5.73. The molecule has 18 heavy (non-hydrogen) atoms. The Morgan fingerprint density at radius 3 is 2.89 bits per heavy atom. The van der Waals surface area contributed by atoms with E-state index in [2.05, 4.69) is 9.71 Å². The first-order valence-corrected chi connectivity index (χ1v) is 7.73. The summed E-state index contributed by atoms with van der Waals surface area (Å²) in [5, 5.41) is 0.266. The number of nitrogens with one attached hydrogen (secondary N) is 1. The molecule has 1 fully saturated rings. The van der Waals surface area contributed by atoms with Gasteiger partial charge in [0, 0.05) is 12.6 Å². The minimum Gasteiger partial charge on any atom is -0.254 e. The highest BCUT2D eigenvalue weighted by atomic mass is 35.5. The molecule has 0 radical (unpaired) electrons. The van der Waals surface area contributed by atoms with E-state index in [1.807, 2.05) is 6.92 Å². The molecule has 7 heteroatoms. The largest absolute Gasteiger partial charge is 0.303 e. The van der Waals surface area contributed by atoms with Gasteiger partial charge in [0.25, 0.3) is 0 Å². The topological polar surface area (TPSA) is 62.3 Å². The Balaban J connectivity index is 2.16. The molecule has 0 amide bonds. The zero-order valence-corrected chi connectivity index (χ0v) is 11.7. The number of pyridine rings is 1. The highest BCUT2D eigenvalue weighted by molar-refractivity contribution is 7.90. The Kier molecular flexibility index (Phi) is 4.09. The Labute approximate surface area is 112 Å². The Bertz CT molecular complexity index is 521. The van der Waals surface area contributed by atoms with Crippen LogP contribution in [0, 0.1) is 0 Å². The standard InChI is InChI=1S/C11H16ClN3O2S/c1-9-5-2-3-8-15(9)18(16,17)14-11-7-4-6-10(12)13-11/h4,6-7,9H,2-3,5,8H2,1H3,(H,13,14). The molecular formula is C11H16ClN3O2S. The number of piperidine rings is 1. The predicted octanol–water partition coefficient (Wildman–Crippen LogP) is 2.27. The van der Waals surface area contributed by atoms with Crippen molar-refractivity contribution in [2.75, 3.05) is 11.3 Å². The molecule has 0 aliphatic carbocycles. The van der Waals surface area contributed by atoms with Gasteiger partial charge in [-0.3, -0.25) is 4.72 Å². The van der Waals surface area contributed by atoms with E-state index < -0.39 is 10.2 Å². The first-order valence-electron chi connectivity index (χ1n) is 5.91. The number of halogens is 1. The third-order valence-corrected chi connectivity index (χ3v) is 4.84. The molecule has 2 rings (SSSR count). The van der Waals surface area contributed by atoms with Crippen molar-refractivity contribution in [1.82, 2.24) is 9.29 Å². The maximum absolute atomic E-state index is 12.2. The van der Waals surface area contributed by atoms with Crippen LogP contribution in [0.25, 0.3) is 0 Å². The van der Waals surface area contributed by atoms with Crippen molar-refractivity contribution in [3.05, 3.63) is 23.4 Å². The Morgan fingerprint density at radius 2 is 2.22 bits per heavy atom. The molecule has 0 aromatic carbocycles. The van der Waals surface area contributed by atoms with Crippen molar-refractivity contribution in [3.63, 3.8) is 0 Å². The molecule has 1 unspecified atom stereocenters. The van der Waals surface area contributed by atoms with E-state index in [9.17, 15) is 8.42 Å². The summed E-state index contributed by atoms with van der Waals surface area (Å²) in [6.07, 6.45) is 2.86. The molecule has 1 aromatic heterocycles. The number of anilines is 1. The molecule has 0 spiro atoms. The summed E-state index contributed by atoms with van der Waals surface area (Å²) in [7, 11) is -3.54. The molecule has 100 valence electrons. The Hall–Kier alpha value is -0.850. The van der Waals surface area contributed by atoms with Crippen molar-refractivity contribution in [1.29, 1.82) is 0 Å². The van der Waals surface area contributed by atoms with E-state index in [0.717, 1.165) is 19.3 Å². The lowest BCUT2D eigenvalue weighted by Crippen LogP contribution is -2.44. The second-order valence-electron chi connectivity index (χ2n) is 4.41. The van der Waals surface area contributed by atoms with Crippen LogP contribution in [-0.2, 0) is 10.2 Å². The molecule has 1 aliphatic rings.